The zero-order chi connectivity index (χ0) is 9.73. The first-order valence-corrected chi connectivity index (χ1v) is 5.83. The van der Waals surface area contributed by atoms with Gasteiger partial charge in [0.1, 0.15) is 0 Å². The molecule has 1 rings (SSSR count). The summed E-state index contributed by atoms with van der Waals surface area (Å²) in [5.41, 5.74) is 0.431. The molecule has 1 nitrogen and oxygen atoms in total. The van der Waals surface area contributed by atoms with Crippen molar-refractivity contribution in [2.75, 3.05) is 19.6 Å². The van der Waals surface area contributed by atoms with Gasteiger partial charge < -0.3 is 4.74 Å². The van der Waals surface area contributed by atoms with Crippen molar-refractivity contribution in [1.29, 1.82) is 0 Å². The zero-order valence-electron chi connectivity index (χ0n) is 8.81. The Morgan fingerprint density at radius 3 is 2.46 bits per heavy atom. The van der Waals surface area contributed by atoms with Gasteiger partial charge in [0, 0.05) is 19.6 Å². The van der Waals surface area contributed by atoms with E-state index < -0.39 is 0 Å². The number of alkyl halides is 1. The molecule has 1 fully saturated rings. The maximum Gasteiger partial charge on any atom is 0.0465 e. The van der Waals surface area contributed by atoms with Crippen LogP contribution in [0.2, 0.25) is 0 Å². The van der Waals surface area contributed by atoms with Crippen molar-refractivity contribution in [3.8, 4) is 0 Å². The minimum Gasteiger partial charge on any atom is -0.385 e. The Hall–Kier alpha value is 0.250. The first-order chi connectivity index (χ1) is 6.25. The average Bonchev–Trinajstić information content (AvgIpc) is 2.63. The zero-order valence-corrected chi connectivity index (χ0v) is 9.57. The Morgan fingerprint density at radius 1 is 1.38 bits per heavy atom. The molecule has 0 aromatic rings. The van der Waals surface area contributed by atoms with Crippen LogP contribution in [0.4, 0.5) is 0 Å². The van der Waals surface area contributed by atoms with Crippen LogP contribution < -0.4 is 0 Å². The molecule has 0 N–H and O–H groups in total. The van der Waals surface area contributed by atoms with Crippen LogP contribution in [0.3, 0.4) is 0 Å². The van der Waals surface area contributed by atoms with Crippen LogP contribution in [0, 0.1) is 11.3 Å². The molecule has 0 amide bonds. The Morgan fingerprint density at radius 2 is 2.00 bits per heavy atom. The molecule has 1 saturated carbocycles. The third-order valence-electron chi connectivity index (χ3n) is 3.67. The van der Waals surface area contributed by atoms with Gasteiger partial charge in [-0.15, -0.1) is 11.6 Å². The summed E-state index contributed by atoms with van der Waals surface area (Å²) in [7, 11) is 1.77. The number of halogens is 1. The van der Waals surface area contributed by atoms with Gasteiger partial charge in [-0.05, 0) is 30.6 Å². The van der Waals surface area contributed by atoms with Crippen molar-refractivity contribution in [2.24, 2.45) is 11.3 Å². The summed E-state index contributed by atoms with van der Waals surface area (Å²) in [6.07, 6.45) is 6.53. The molecule has 0 radical (unpaired) electrons. The lowest BCUT2D eigenvalue weighted by Gasteiger charge is -2.33. The first kappa shape index (κ1) is 11.3. The largest absolute Gasteiger partial charge is 0.385 e. The van der Waals surface area contributed by atoms with E-state index in [0.29, 0.717) is 11.3 Å². The number of ether oxygens (including phenoxy) is 1. The normalized spacial score (nSPS) is 23.3. The molecule has 78 valence electrons. The van der Waals surface area contributed by atoms with Gasteiger partial charge in [0.25, 0.3) is 0 Å². The molecule has 0 saturated heterocycles. The summed E-state index contributed by atoms with van der Waals surface area (Å²) in [4.78, 5) is 0. The van der Waals surface area contributed by atoms with Crippen LogP contribution in [-0.4, -0.2) is 19.6 Å². The van der Waals surface area contributed by atoms with Gasteiger partial charge in [-0.2, -0.15) is 0 Å². The maximum atomic E-state index is 6.10. The Bertz CT molecular complexity index is 141. The Balaban J connectivity index is 2.44. The van der Waals surface area contributed by atoms with Crippen LogP contribution in [0.15, 0.2) is 0 Å². The molecule has 0 spiro atoms. The summed E-state index contributed by atoms with van der Waals surface area (Å²) in [6, 6.07) is 0. The summed E-state index contributed by atoms with van der Waals surface area (Å²) in [5.74, 6) is 1.55. The maximum absolute atomic E-state index is 6.10. The highest BCUT2D eigenvalue weighted by Crippen LogP contribution is 2.46. The highest BCUT2D eigenvalue weighted by Gasteiger charge is 2.37. The molecular formula is C11H21ClO. The van der Waals surface area contributed by atoms with Crippen molar-refractivity contribution in [3.05, 3.63) is 0 Å². The van der Waals surface area contributed by atoms with E-state index in [1.54, 1.807) is 7.11 Å². The van der Waals surface area contributed by atoms with E-state index in [1.807, 2.05) is 0 Å². The van der Waals surface area contributed by atoms with E-state index in [2.05, 4.69) is 6.92 Å². The van der Waals surface area contributed by atoms with Gasteiger partial charge in [-0.25, -0.2) is 0 Å². The molecule has 0 aliphatic heterocycles. The fourth-order valence-corrected chi connectivity index (χ4v) is 2.97. The van der Waals surface area contributed by atoms with Crippen molar-refractivity contribution < 1.29 is 4.74 Å². The van der Waals surface area contributed by atoms with Crippen LogP contribution in [0.1, 0.15) is 39.0 Å². The van der Waals surface area contributed by atoms with Crippen LogP contribution in [0.25, 0.3) is 0 Å². The average molecular weight is 205 g/mol. The van der Waals surface area contributed by atoms with Crippen LogP contribution >= 0.6 is 11.6 Å². The van der Waals surface area contributed by atoms with E-state index in [9.17, 15) is 0 Å². The lowest BCUT2D eigenvalue weighted by molar-refractivity contribution is 0.131. The highest BCUT2D eigenvalue weighted by molar-refractivity contribution is 6.18. The summed E-state index contributed by atoms with van der Waals surface area (Å²) < 4.78 is 5.12. The van der Waals surface area contributed by atoms with Crippen LogP contribution in [-0.2, 0) is 4.74 Å². The second kappa shape index (κ2) is 5.21. The first-order valence-electron chi connectivity index (χ1n) is 5.30. The van der Waals surface area contributed by atoms with E-state index >= 15 is 0 Å². The highest BCUT2D eigenvalue weighted by atomic mass is 35.5. The van der Waals surface area contributed by atoms with Crippen molar-refractivity contribution in [3.63, 3.8) is 0 Å². The monoisotopic (exact) mass is 204 g/mol. The van der Waals surface area contributed by atoms with Gasteiger partial charge >= 0.3 is 0 Å². The topological polar surface area (TPSA) is 9.23 Å². The van der Waals surface area contributed by atoms with E-state index in [0.717, 1.165) is 18.9 Å². The molecule has 1 unspecified atom stereocenters. The molecular weight excluding hydrogens is 184 g/mol. The lowest BCUT2D eigenvalue weighted by Crippen LogP contribution is -2.28. The van der Waals surface area contributed by atoms with E-state index in [1.165, 1.54) is 25.7 Å². The van der Waals surface area contributed by atoms with E-state index in [-0.39, 0.29) is 0 Å². The van der Waals surface area contributed by atoms with Gasteiger partial charge in [0.15, 0.2) is 0 Å². The number of hydrogen-bond donors (Lipinski definition) is 0. The third kappa shape index (κ3) is 2.60. The lowest BCUT2D eigenvalue weighted by atomic mass is 9.75. The minimum atomic E-state index is 0.431. The second-order valence-corrected chi connectivity index (χ2v) is 4.65. The Labute approximate surface area is 86.8 Å². The van der Waals surface area contributed by atoms with Gasteiger partial charge in [0.05, 0.1) is 0 Å². The summed E-state index contributed by atoms with van der Waals surface area (Å²) in [5, 5.41) is 0. The quantitative estimate of drug-likeness (QED) is 0.624. The Kier molecular flexibility index (Phi) is 4.54. The predicted octanol–water partition coefficient (Wildman–Crippen LogP) is 3.46. The minimum absolute atomic E-state index is 0.431. The summed E-state index contributed by atoms with van der Waals surface area (Å²) in [6.45, 7) is 3.20. The van der Waals surface area contributed by atoms with Gasteiger partial charge in [-0.1, -0.05) is 19.8 Å². The SMILES string of the molecule is COCCC(C)C1(CCl)CCCC1. The number of methoxy groups -OCH3 is 1. The third-order valence-corrected chi connectivity index (χ3v) is 4.20. The van der Waals surface area contributed by atoms with Crippen molar-refractivity contribution in [1.82, 2.24) is 0 Å². The molecule has 2 heteroatoms. The molecule has 0 aromatic carbocycles. The molecule has 1 atom stereocenters. The molecule has 0 heterocycles. The van der Waals surface area contributed by atoms with Crippen LogP contribution in [0.5, 0.6) is 0 Å². The molecule has 1 aliphatic carbocycles. The van der Waals surface area contributed by atoms with Crippen molar-refractivity contribution in [2.45, 2.75) is 39.0 Å². The predicted molar refractivity (Wildman–Crippen MR) is 57.3 cm³/mol. The standard InChI is InChI=1S/C11H21ClO/c1-10(5-8-13-2)11(9-12)6-3-4-7-11/h10H,3-9H2,1-2H3. The number of rotatable bonds is 5. The van der Waals surface area contributed by atoms with E-state index in [4.69, 9.17) is 16.3 Å². The fraction of sp³-hybridized carbons (Fsp3) is 1.00. The van der Waals surface area contributed by atoms with Gasteiger partial charge in [-0.3, -0.25) is 0 Å². The molecule has 13 heavy (non-hydrogen) atoms. The van der Waals surface area contributed by atoms with Gasteiger partial charge in [0.2, 0.25) is 0 Å². The second-order valence-electron chi connectivity index (χ2n) is 4.39. The fourth-order valence-electron chi connectivity index (χ4n) is 2.44. The smallest absolute Gasteiger partial charge is 0.0465 e. The molecule has 1 aliphatic rings. The van der Waals surface area contributed by atoms with Crippen molar-refractivity contribution >= 4 is 11.6 Å². The number of hydrogen-bond acceptors (Lipinski definition) is 1. The molecule has 0 bridgehead atoms. The molecule has 0 aromatic heterocycles. The summed E-state index contributed by atoms with van der Waals surface area (Å²) >= 11 is 6.10.